The molecule has 94 valence electrons. The van der Waals surface area contributed by atoms with Crippen molar-refractivity contribution in [1.82, 2.24) is 4.98 Å². The highest BCUT2D eigenvalue weighted by Gasteiger charge is 2.25. The Hall–Kier alpha value is -1.43. The molecule has 0 aromatic carbocycles. The number of methoxy groups -OCH3 is 1. The van der Waals surface area contributed by atoms with E-state index in [-0.39, 0.29) is 18.1 Å². The maximum absolute atomic E-state index is 12.8. The monoisotopic (exact) mass is 265 g/mol. The summed E-state index contributed by atoms with van der Waals surface area (Å²) in [5.41, 5.74) is -0.982. The zero-order valence-electron chi connectivity index (χ0n) is 9.17. The first-order valence-electron chi connectivity index (χ1n) is 4.71. The highest BCUT2D eigenvalue weighted by atomic mass is 35.5. The van der Waals surface area contributed by atoms with Crippen molar-refractivity contribution in [3.8, 4) is 5.88 Å². The summed E-state index contributed by atoms with van der Waals surface area (Å²) in [7, 11) is 1.29. The number of rotatable bonds is 4. The van der Waals surface area contributed by atoms with Gasteiger partial charge in [0.2, 0.25) is 5.88 Å². The van der Waals surface area contributed by atoms with Crippen LogP contribution in [0.3, 0.4) is 0 Å². The van der Waals surface area contributed by atoms with E-state index in [1.165, 1.54) is 7.11 Å². The Morgan fingerprint density at radius 2 is 2.24 bits per heavy atom. The standard InChI is InChI=1S/C10H10ClF2NO3/c1-3-17-10(15)5-4-6(16-2)14-8(11)7(5)9(12)13/h4,9H,3H2,1-2H3. The molecule has 0 fully saturated rings. The molecule has 0 aliphatic rings. The third-order valence-electron chi connectivity index (χ3n) is 1.91. The third-order valence-corrected chi connectivity index (χ3v) is 2.20. The van der Waals surface area contributed by atoms with Gasteiger partial charge in [-0.05, 0) is 6.92 Å². The zero-order chi connectivity index (χ0) is 13.0. The van der Waals surface area contributed by atoms with E-state index in [1.807, 2.05) is 0 Å². The van der Waals surface area contributed by atoms with E-state index in [4.69, 9.17) is 16.3 Å². The molecule has 17 heavy (non-hydrogen) atoms. The van der Waals surface area contributed by atoms with Crippen LogP contribution in [0.1, 0.15) is 29.3 Å². The Balaban J connectivity index is 3.32. The minimum Gasteiger partial charge on any atom is -0.481 e. The largest absolute Gasteiger partial charge is 0.481 e. The predicted molar refractivity (Wildman–Crippen MR) is 56.7 cm³/mol. The van der Waals surface area contributed by atoms with Gasteiger partial charge >= 0.3 is 5.97 Å². The molecular formula is C10H10ClF2NO3. The number of ether oxygens (including phenoxy) is 2. The summed E-state index contributed by atoms with van der Waals surface area (Å²) in [6, 6.07) is 1.07. The first-order chi connectivity index (χ1) is 8.01. The van der Waals surface area contributed by atoms with E-state index in [2.05, 4.69) is 9.72 Å². The van der Waals surface area contributed by atoms with Crippen molar-refractivity contribution >= 4 is 17.6 Å². The Labute approximate surface area is 101 Å². The van der Waals surface area contributed by atoms with Crippen LogP contribution < -0.4 is 4.74 Å². The lowest BCUT2D eigenvalue weighted by molar-refractivity contribution is 0.0514. The molecule has 1 heterocycles. The summed E-state index contributed by atoms with van der Waals surface area (Å²) in [6.45, 7) is 1.64. The number of halogens is 3. The van der Waals surface area contributed by atoms with Gasteiger partial charge < -0.3 is 9.47 Å². The minimum atomic E-state index is -2.92. The average molecular weight is 266 g/mol. The fraction of sp³-hybridized carbons (Fsp3) is 0.400. The maximum atomic E-state index is 12.8. The van der Waals surface area contributed by atoms with Crippen LogP contribution in [-0.4, -0.2) is 24.7 Å². The summed E-state index contributed by atoms with van der Waals surface area (Å²) in [5, 5.41) is -0.470. The summed E-state index contributed by atoms with van der Waals surface area (Å²) in [6.07, 6.45) is -2.92. The van der Waals surface area contributed by atoms with Gasteiger partial charge in [-0.2, -0.15) is 0 Å². The van der Waals surface area contributed by atoms with Crippen LogP contribution in [0.4, 0.5) is 8.78 Å². The highest BCUT2D eigenvalue weighted by molar-refractivity contribution is 6.30. The molecule has 0 spiro atoms. The van der Waals surface area contributed by atoms with Crippen molar-refractivity contribution in [1.29, 1.82) is 0 Å². The number of hydrogen-bond acceptors (Lipinski definition) is 4. The predicted octanol–water partition coefficient (Wildman–Crippen LogP) is 2.86. The van der Waals surface area contributed by atoms with Crippen molar-refractivity contribution in [2.75, 3.05) is 13.7 Å². The van der Waals surface area contributed by atoms with Crippen molar-refractivity contribution in [2.24, 2.45) is 0 Å². The lowest BCUT2D eigenvalue weighted by Crippen LogP contribution is -2.10. The number of aromatic nitrogens is 1. The minimum absolute atomic E-state index is 0.0255. The molecule has 1 rings (SSSR count). The number of hydrogen-bond donors (Lipinski definition) is 0. The quantitative estimate of drug-likeness (QED) is 0.620. The molecule has 0 amide bonds. The second-order valence-electron chi connectivity index (χ2n) is 2.94. The summed E-state index contributed by atoms with van der Waals surface area (Å²) in [5.74, 6) is -0.909. The van der Waals surface area contributed by atoms with Gasteiger partial charge in [0.15, 0.2) is 0 Å². The third kappa shape index (κ3) is 3.03. The van der Waals surface area contributed by atoms with Gasteiger partial charge in [-0.1, -0.05) is 11.6 Å². The summed E-state index contributed by atoms with van der Waals surface area (Å²) >= 11 is 5.57. The molecule has 0 unspecified atom stereocenters. The number of carbonyl (C=O) groups excluding carboxylic acids is 1. The molecule has 7 heteroatoms. The summed E-state index contributed by atoms with van der Waals surface area (Å²) in [4.78, 5) is 15.1. The van der Waals surface area contributed by atoms with Crippen LogP contribution in [-0.2, 0) is 4.74 Å². The van der Waals surface area contributed by atoms with Crippen molar-refractivity contribution in [3.63, 3.8) is 0 Å². The fourth-order valence-corrected chi connectivity index (χ4v) is 1.46. The van der Waals surface area contributed by atoms with Gasteiger partial charge in [0, 0.05) is 6.07 Å². The SMILES string of the molecule is CCOC(=O)c1cc(OC)nc(Cl)c1C(F)F. The van der Waals surface area contributed by atoms with Gasteiger partial charge in [-0.15, -0.1) is 0 Å². The lowest BCUT2D eigenvalue weighted by atomic mass is 10.1. The van der Waals surface area contributed by atoms with Crippen LogP contribution in [0.2, 0.25) is 5.15 Å². The number of esters is 1. The second-order valence-corrected chi connectivity index (χ2v) is 3.30. The topological polar surface area (TPSA) is 48.4 Å². The second kappa shape index (κ2) is 5.77. The van der Waals surface area contributed by atoms with Gasteiger partial charge in [0.05, 0.1) is 24.8 Å². The van der Waals surface area contributed by atoms with E-state index in [0.717, 1.165) is 6.07 Å². The number of pyridine rings is 1. The number of alkyl halides is 2. The molecule has 1 aromatic heterocycles. The maximum Gasteiger partial charge on any atom is 0.338 e. The molecule has 4 nitrogen and oxygen atoms in total. The van der Waals surface area contributed by atoms with E-state index in [1.54, 1.807) is 6.92 Å². The first kappa shape index (κ1) is 13.6. The fourth-order valence-electron chi connectivity index (χ4n) is 1.19. The van der Waals surface area contributed by atoms with Gasteiger partial charge in [0.25, 0.3) is 6.43 Å². The molecule has 0 aliphatic carbocycles. The van der Waals surface area contributed by atoms with E-state index in [9.17, 15) is 13.6 Å². The molecular weight excluding hydrogens is 256 g/mol. The van der Waals surface area contributed by atoms with Crippen LogP contribution in [0, 0.1) is 0 Å². The number of carbonyl (C=O) groups is 1. The Kier molecular flexibility index (Phi) is 4.62. The van der Waals surface area contributed by atoms with Crippen LogP contribution >= 0.6 is 11.6 Å². The molecule has 1 aromatic rings. The first-order valence-corrected chi connectivity index (χ1v) is 5.08. The molecule has 0 bridgehead atoms. The van der Waals surface area contributed by atoms with Crippen LogP contribution in [0.15, 0.2) is 6.07 Å². The molecule has 0 saturated carbocycles. The molecule has 0 N–H and O–H groups in total. The zero-order valence-corrected chi connectivity index (χ0v) is 9.92. The molecule has 0 atom stereocenters. The van der Waals surface area contributed by atoms with E-state index >= 15 is 0 Å². The van der Waals surface area contributed by atoms with Crippen LogP contribution in [0.5, 0.6) is 5.88 Å². The smallest absolute Gasteiger partial charge is 0.338 e. The van der Waals surface area contributed by atoms with Crippen molar-refractivity contribution in [3.05, 3.63) is 22.3 Å². The Bertz CT molecular complexity index is 426. The van der Waals surface area contributed by atoms with Gasteiger partial charge in [-0.3, -0.25) is 0 Å². The molecule has 0 aliphatic heterocycles. The lowest BCUT2D eigenvalue weighted by Gasteiger charge is -2.11. The number of nitrogens with zero attached hydrogens (tertiary/aromatic N) is 1. The van der Waals surface area contributed by atoms with Crippen LogP contribution in [0.25, 0.3) is 0 Å². The molecule has 0 radical (unpaired) electrons. The van der Waals surface area contributed by atoms with E-state index in [0.29, 0.717) is 0 Å². The normalized spacial score (nSPS) is 10.5. The highest BCUT2D eigenvalue weighted by Crippen LogP contribution is 2.31. The van der Waals surface area contributed by atoms with E-state index < -0.39 is 23.1 Å². The average Bonchev–Trinajstić information content (AvgIpc) is 2.27. The van der Waals surface area contributed by atoms with Gasteiger partial charge in [-0.25, -0.2) is 18.6 Å². The van der Waals surface area contributed by atoms with Crippen molar-refractivity contribution in [2.45, 2.75) is 13.3 Å². The molecule has 0 saturated heterocycles. The summed E-state index contributed by atoms with van der Waals surface area (Å²) < 4.78 is 34.9. The Morgan fingerprint density at radius 3 is 2.71 bits per heavy atom. The van der Waals surface area contributed by atoms with Crippen molar-refractivity contribution < 1.29 is 23.0 Å². The van der Waals surface area contributed by atoms with Gasteiger partial charge in [0.1, 0.15) is 5.15 Å². The Morgan fingerprint density at radius 1 is 1.59 bits per heavy atom.